The summed E-state index contributed by atoms with van der Waals surface area (Å²) in [5, 5.41) is 0. The summed E-state index contributed by atoms with van der Waals surface area (Å²) < 4.78 is 12.7. The van der Waals surface area contributed by atoms with Gasteiger partial charge < -0.3 is 9.15 Å². The molecule has 34 heavy (non-hydrogen) atoms. The van der Waals surface area contributed by atoms with Crippen LogP contribution in [0.2, 0.25) is 0 Å². The molecule has 0 aliphatic heterocycles. The Morgan fingerprint density at radius 3 is 2.56 bits per heavy atom. The lowest BCUT2D eigenvalue weighted by Gasteiger charge is -2.18. The van der Waals surface area contributed by atoms with Crippen molar-refractivity contribution >= 4 is 15.9 Å². The maximum atomic E-state index is 13.3. The van der Waals surface area contributed by atoms with Gasteiger partial charge in [-0.15, -0.1) is 0 Å². The highest BCUT2D eigenvalue weighted by atomic mass is 79.9. The van der Waals surface area contributed by atoms with Gasteiger partial charge >= 0.3 is 0 Å². The Labute approximate surface area is 206 Å². The number of aryl methyl sites for hydroxylation is 3. The zero-order valence-electron chi connectivity index (χ0n) is 20.0. The van der Waals surface area contributed by atoms with Crippen molar-refractivity contribution in [3.63, 3.8) is 0 Å². The van der Waals surface area contributed by atoms with Gasteiger partial charge in [-0.1, -0.05) is 32.9 Å². The summed E-state index contributed by atoms with van der Waals surface area (Å²) in [5.74, 6) is 2.01. The van der Waals surface area contributed by atoms with Gasteiger partial charge in [-0.2, -0.15) is 4.98 Å². The van der Waals surface area contributed by atoms with Crippen LogP contribution in [0.5, 0.6) is 5.88 Å². The zero-order valence-corrected chi connectivity index (χ0v) is 21.6. The van der Waals surface area contributed by atoms with E-state index in [1.807, 2.05) is 37.4 Å². The number of hydrogen-bond acceptors (Lipinski definition) is 7. The van der Waals surface area contributed by atoms with Crippen molar-refractivity contribution in [2.45, 2.75) is 53.6 Å². The van der Waals surface area contributed by atoms with Crippen molar-refractivity contribution in [1.29, 1.82) is 0 Å². The number of aromatic nitrogens is 5. The summed E-state index contributed by atoms with van der Waals surface area (Å²) in [7, 11) is 0. The van der Waals surface area contributed by atoms with Gasteiger partial charge in [-0.25, -0.2) is 15.0 Å². The van der Waals surface area contributed by atoms with Crippen LogP contribution in [0.4, 0.5) is 0 Å². The average Bonchev–Trinajstić information content (AvgIpc) is 3.20. The Bertz CT molecular complexity index is 1420. The van der Waals surface area contributed by atoms with E-state index in [9.17, 15) is 4.79 Å². The molecule has 0 spiro atoms. The van der Waals surface area contributed by atoms with Crippen molar-refractivity contribution in [1.82, 2.24) is 24.5 Å². The molecular formula is C25H26BrN5O3. The Balaban J connectivity index is 1.72. The minimum Gasteiger partial charge on any atom is -0.470 e. The van der Waals surface area contributed by atoms with Gasteiger partial charge in [0.1, 0.15) is 34.7 Å². The number of ether oxygens (including phenoxy) is 1. The smallest absolute Gasteiger partial charge is 0.276 e. The maximum absolute atomic E-state index is 13.3. The minimum absolute atomic E-state index is 0.143. The van der Waals surface area contributed by atoms with Crippen molar-refractivity contribution in [3.05, 3.63) is 80.3 Å². The third-order valence-electron chi connectivity index (χ3n) is 5.21. The summed E-state index contributed by atoms with van der Waals surface area (Å²) in [4.78, 5) is 31.3. The molecule has 4 rings (SSSR count). The van der Waals surface area contributed by atoms with Crippen LogP contribution in [0.15, 0.2) is 50.4 Å². The van der Waals surface area contributed by atoms with Crippen molar-refractivity contribution < 1.29 is 9.15 Å². The third-order valence-corrected chi connectivity index (χ3v) is 5.89. The van der Waals surface area contributed by atoms with Crippen LogP contribution in [-0.2, 0) is 12.0 Å². The molecule has 0 saturated heterocycles. The number of hydrogen-bond donors (Lipinski definition) is 0. The molecule has 0 aliphatic carbocycles. The summed E-state index contributed by atoms with van der Waals surface area (Å²) in [6.07, 6.45) is 3.36. The fourth-order valence-corrected chi connectivity index (χ4v) is 3.87. The zero-order chi connectivity index (χ0) is 24.6. The largest absolute Gasteiger partial charge is 0.470 e. The molecule has 0 bridgehead atoms. The van der Waals surface area contributed by atoms with E-state index in [1.165, 1.54) is 6.26 Å². The summed E-state index contributed by atoms with van der Waals surface area (Å²) >= 11 is 3.36. The van der Waals surface area contributed by atoms with Gasteiger partial charge in [0.15, 0.2) is 5.89 Å². The van der Waals surface area contributed by atoms with Crippen LogP contribution in [0, 0.1) is 20.8 Å². The van der Waals surface area contributed by atoms with Gasteiger partial charge in [0, 0.05) is 24.1 Å². The number of oxazole rings is 1. The monoisotopic (exact) mass is 523 g/mol. The molecule has 0 fully saturated rings. The van der Waals surface area contributed by atoms with Crippen LogP contribution >= 0.6 is 15.9 Å². The van der Waals surface area contributed by atoms with Gasteiger partial charge in [-0.3, -0.25) is 9.36 Å². The molecule has 9 heteroatoms. The molecule has 0 radical (unpaired) electrons. The Hall–Kier alpha value is -3.33. The molecule has 0 atom stereocenters. The van der Waals surface area contributed by atoms with Crippen LogP contribution in [0.1, 0.15) is 49.6 Å². The first-order chi connectivity index (χ1) is 16.0. The molecular weight excluding hydrogens is 498 g/mol. The quantitative estimate of drug-likeness (QED) is 0.352. The number of nitrogens with zero attached hydrogens (tertiary/aromatic N) is 5. The van der Waals surface area contributed by atoms with Gasteiger partial charge in [0.05, 0.1) is 11.4 Å². The van der Waals surface area contributed by atoms with Crippen molar-refractivity contribution in [2.24, 2.45) is 0 Å². The Morgan fingerprint density at radius 1 is 1.12 bits per heavy atom. The summed E-state index contributed by atoms with van der Waals surface area (Å²) in [6, 6.07) is 7.68. The van der Waals surface area contributed by atoms with E-state index in [2.05, 4.69) is 51.7 Å². The normalized spacial score (nSPS) is 11.6. The number of halogens is 1. The molecule has 0 amide bonds. The predicted octanol–water partition coefficient (Wildman–Crippen LogP) is 5.24. The second kappa shape index (κ2) is 9.13. The average molecular weight is 524 g/mol. The van der Waals surface area contributed by atoms with E-state index in [0.717, 1.165) is 22.6 Å². The van der Waals surface area contributed by atoms with Crippen molar-refractivity contribution in [2.75, 3.05) is 0 Å². The van der Waals surface area contributed by atoms with Crippen LogP contribution < -0.4 is 10.3 Å². The summed E-state index contributed by atoms with van der Waals surface area (Å²) in [5.41, 5.74) is 3.54. The van der Waals surface area contributed by atoms with E-state index in [4.69, 9.17) is 14.1 Å². The lowest BCUT2D eigenvalue weighted by molar-refractivity contribution is 0.284. The molecule has 0 unspecified atom stereocenters. The molecule has 0 N–H and O–H groups in total. The first-order valence-electron chi connectivity index (χ1n) is 10.8. The first-order valence-corrected chi connectivity index (χ1v) is 11.6. The van der Waals surface area contributed by atoms with Crippen molar-refractivity contribution in [3.8, 4) is 22.8 Å². The topological polar surface area (TPSA) is 95.9 Å². The molecule has 0 saturated carbocycles. The van der Waals surface area contributed by atoms with E-state index < -0.39 is 0 Å². The van der Waals surface area contributed by atoms with Crippen LogP contribution in [-0.4, -0.2) is 24.5 Å². The second-order valence-corrected chi connectivity index (χ2v) is 9.88. The SMILES string of the molecule is Cc1nc(COc2nc(C)n(-c3cccc(-c4nc(C(C)(C)C)ncc4C)c3)c(=O)c2Br)co1. The second-order valence-electron chi connectivity index (χ2n) is 9.09. The van der Waals surface area contributed by atoms with Crippen LogP contribution in [0.25, 0.3) is 16.9 Å². The highest BCUT2D eigenvalue weighted by molar-refractivity contribution is 9.10. The minimum atomic E-state index is -0.272. The van der Waals surface area contributed by atoms with Gasteiger partial charge in [-0.05, 0) is 47.5 Å². The fraction of sp³-hybridized carbons (Fsp3) is 0.320. The highest BCUT2D eigenvalue weighted by Gasteiger charge is 2.20. The van der Waals surface area contributed by atoms with Crippen LogP contribution in [0.3, 0.4) is 0 Å². The van der Waals surface area contributed by atoms with E-state index in [-0.39, 0.29) is 27.9 Å². The maximum Gasteiger partial charge on any atom is 0.276 e. The van der Waals surface area contributed by atoms with Gasteiger partial charge in [0.25, 0.3) is 5.56 Å². The van der Waals surface area contributed by atoms with Gasteiger partial charge in [0.2, 0.25) is 5.88 Å². The number of rotatable bonds is 5. The Kier molecular flexibility index (Phi) is 6.40. The predicted molar refractivity (Wildman–Crippen MR) is 132 cm³/mol. The Morgan fingerprint density at radius 2 is 1.88 bits per heavy atom. The van der Waals surface area contributed by atoms with E-state index in [0.29, 0.717) is 23.1 Å². The standard InChI is InChI=1S/C25H26BrN5O3/c1-14-11-27-24(25(4,5)6)30-21(14)17-8-7-9-19(10-17)31-15(2)28-22(20(26)23(31)32)34-13-18-12-33-16(3)29-18/h7-12H,13H2,1-6H3. The number of benzene rings is 1. The molecule has 0 aliphatic rings. The molecule has 3 heterocycles. The summed E-state index contributed by atoms with van der Waals surface area (Å²) in [6.45, 7) is 11.9. The molecule has 8 nitrogen and oxygen atoms in total. The highest BCUT2D eigenvalue weighted by Crippen LogP contribution is 2.27. The molecule has 176 valence electrons. The first kappa shape index (κ1) is 23.8. The lowest BCUT2D eigenvalue weighted by atomic mass is 9.95. The fourth-order valence-electron chi connectivity index (χ4n) is 3.49. The molecule has 3 aromatic heterocycles. The van der Waals surface area contributed by atoms with E-state index >= 15 is 0 Å². The third kappa shape index (κ3) is 4.79. The molecule has 4 aromatic rings. The lowest BCUT2D eigenvalue weighted by Crippen LogP contribution is -2.24. The molecule has 1 aromatic carbocycles. The van der Waals surface area contributed by atoms with E-state index in [1.54, 1.807) is 18.4 Å².